The molecule has 0 aliphatic heterocycles. The lowest BCUT2D eigenvalue weighted by atomic mass is 9.87. The van der Waals surface area contributed by atoms with Gasteiger partial charge in [-0.25, -0.2) is 0 Å². The molecule has 1 fully saturated rings. The number of ketones is 1. The van der Waals surface area contributed by atoms with Gasteiger partial charge in [0.2, 0.25) is 0 Å². The number of Topliss-reactive ketones (excluding diaryl/α,β-unsaturated/α-hetero) is 1. The zero-order valence-electron chi connectivity index (χ0n) is 18.7. The molecule has 0 spiro atoms. The monoisotopic (exact) mass is 511 g/mol. The summed E-state index contributed by atoms with van der Waals surface area (Å²) in [7, 11) is 0. The number of alkyl halides is 3. The lowest BCUT2D eigenvalue weighted by Gasteiger charge is -2.27. The van der Waals surface area contributed by atoms with Crippen molar-refractivity contribution >= 4 is 29.3 Å². The van der Waals surface area contributed by atoms with Crippen LogP contribution in [0.15, 0.2) is 42.5 Å². The number of ether oxygens (including phenoxy) is 1. The normalized spacial score (nSPS) is 18.1. The second-order valence-electron chi connectivity index (χ2n) is 8.42. The first-order valence-corrected chi connectivity index (χ1v) is 11.6. The Kier molecular flexibility index (Phi) is 8.77. The number of carboxylic acids is 1. The van der Waals surface area contributed by atoms with E-state index in [1.165, 1.54) is 6.07 Å². The van der Waals surface area contributed by atoms with Crippen LogP contribution >= 0.6 is 11.6 Å². The molecule has 2 aromatic carbocycles. The van der Waals surface area contributed by atoms with Gasteiger partial charge in [0.1, 0.15) is 5.75 Å². The molecule has 2 aromatic rings. The van der Waals surface area contributed by atoms with Gasteiger partial charge in [-0.3, -0.25) is 14.4 Å². The Morgan fingerprint density at radius 1 is 1.03 bits per heavy atom. The van der Waals surface area contributed by atoms with Crippen LogP contribution in [0.25, 0.3) is 0 Å². The molecule has 10 heteroatoms. The number of benzene rings is 2. The number of carboxylic acid groups (broad SMARTS) is 1. The van der Waals surface area contributed by atoms with Crippen LogP contribution in [0.5, 0.6) is 5.75 Å². The van der Waals surface area contributed by atoms with Crippen molar-refractivity contribution in [2.45, 2.75) is 50.8 Å². The Balaban J connectivity index is 1.57. The zero-order chi connectivity index (χ0) is 25.6. The Morgan fingerprint density at radius 3 is 2.29 bits per heavy atom. The number of amides is 1. The van der Waals surface area contributed by atoms with Crippen LogP contribution in [-0.4, -0.2) is 35.4 Å². The number of hydrogen-bond donors (Lipinski definition) is 2. The van der Waals surface area contributed by atoms with Crippen molar-refractivity contribution in [1.82, 2.24) is 5.32 Å². The zero-order valence-corrected chi connectivity index (χ0v) is 19.5. The molecule has 35 heavy (non-hydrogen) atoms. The molecule has 1 aliphatic carbocycles. The number of aliphatic carboxylic acids is 1. The summed E-state index contributed by atoms with van der Waals surface area (Å²) in [6.45, 7) is 0.120. The van der Waals surface area contributed by atoms with E-state index in [9.17, 15) is 27.6 Å². The molecule has 0 aromatic heterocycles. The van der Waals surface area contributed by atoms with Crippen molar-refractivity contribution in [3.8, 4) is 5.75 Å². The minimum absolute atomic E-state index is 0.0112. The average Bonchev–Trinajstić information content (AvgIpc) is 2.81. The Morgan fingerprint density at radius 2 is 1.69 bits per heavy atom. The Hall–Kier alpha value is -3.07. The van der Waals surface area contributed by atoms with Crippen LogP contribution in [0.3, 0.4) is 0 Å². The summed E-state index contributed by atoms with van der Waals surface area (Å²) in [6.07, 6.45) is -3.48. The molecule has 3 rings (SSSR count). The largest absolute Gasteiger partial charge is 0.490 e. The van der Waals surface area contributed by atoms with Gasteiger partial charge in [0.05, 0.1) is 17.6 Å². The van der Waals surface area contributed by atoms with Crippen molar-refractivity contribution in [3.05, 3.63) is 64.2 Å². The fraction of sp³-hybridized carbons (Fsp3) is 0.400. The van der Waals surface area contributed by atoms with Crippen molar-refractivity contribution in [1.29, 1.82) is 0 Å². The van der Waals surface area contributed by atoms with Crippen molar-refractivity contribution in [3.63, 3.8) is 0 Å². The highest BCUT2D eigenvalue weighted by atomic mass is 35.5. The molecule has 1 aliphatic rings. The molecule has 188 valence electrons. The minimum atomic E-state index is -4.76. The predicted octanol–water partition coefficient (Wildman–Crippen LogP) is 5.77. The highest BCUT2D eigenvalue weighted by Crippen LogP contribution is 2.36. The molecule has 1 amide bonds. The van der Waals surface area contributed by atoms with Gasteiger partial charge in [-0.15, -0.1) is 0 Å². The number of carbonyl (C=O) groups is 3. The molecule has 0 radical (unpaired) electrons. The lowest BCUT2D eigenvalue weighted by molar-refractivity contribution is -0.143. The second kappa shape index (κ2) is 11.6. The van der Waals surface area contributed by atoms with E-state index >= 15 is 0 Å². The molecule has 0 heterocycles. The van der Waals surface area contributed by atoms with Crippen molar-refractivity contribution in [2.24, 2.45) is 5.92 Å². The third kappa shape index (κ3) is 7.45. The van der Waals surface area contributed by atoms with Crippen LogP contribution in [0.2, 0.25) is 5.02 Å². The Labute approximate surface area is 205 Å². The summed E-state index contributed by atoms with van der Waals surface area (Å²) in [5, 5.41) is 12.2. The number of carbonyl (C=O) groups excluding carboxylic acids is 2. The van der Waals surface area contributed by atoms with Gasteiger partial charge in [-0.1, -0.05) is 11.6 Å². The van der Waals surface area contributed by atoms with E-state index in [0.717, 1.165) is 12.1 Å². The van der Waals surface area contributed by atoms with Crippen LogP contribution in [0.1, 0.15) is 64.8 Å². The van der Waals surface area contributed by atoms with E-state index in [1.54, 1.807) is 24.3 Å². The van der Waals surface area contributed by atoms with E-state index in [0.29, 0.717) is 36.3 Å². The number of rotatable bonds is 9. The summed E-state index contributed by atoms with van der Waals surface area (Å²) in [6, 6.07) is 9.46. The highest BCUT2D eigenvalue weighted by molar-refractivity contribution is 6.30. The van der Waals surface area contributed by atoms with Gasteiger partial charge in [-0.2, -0.15) is 13.2 Å². The molecule has 2 N–H and O–H groups in total. The van der Waals surface area contributed by atoms with E-state index in [4.69, 9.17) is 21.4 Å². The van der Waals surface area contributed by atoms with E-state index in [-0.39, 0.29) is 37.1 Å². The topological polar surface area (TPSA) is 92.7 Å². The summed E-state index contributed by atoms with van der Waals surface area (Å²) in [5.41, 5.74) is -1.15. The number of nitrogens with one attached hydrogen (secondary N) is 1. The SMILES string of the molecule is O=C(NCCCC(=O)c1ccc(OC2CCC(C(=O)O)CC2)cc1C(F)(F)F)c1ccc(Cl)cc1. The van der Waals surface area contributed by atoms with Crippen LogP contribution in [0.4, 0.5) is 13.2 Å². The van der Waals surface area contributed by atoms with Crippen molar-refractivity contribution in [2.75, 3.05) is 6.54 Å². The third-order valence-corrected chi connectivity index (χ3v) is 6.15. The summed E-state index contributed by atoms with van der Waals surface area (Å²) >= 11 is 5.78. The van der Waals surface area contributed by atoms with Gasteiger partial charge >= 0.3 is 12.1 Å². The van der Waals surface area contributed by atoms with Gasteiger partial charge in [0, 0.05) is 29.1 Å². The van der Waals surface area contributed by atoms with Gasteiger partial charge < -0.3 is 15.2 Å². The summed E-state index contributed by atoms with van der Waals surface area (Å²) < 4.78 is 46.7. The second-order valence-corrected chi connectivity index (χ2v) is 8.86. The maximum atomic E-state index is 13.7. The molecule has 0 unspecified atom stereocenters. The first kappa shape index (κ1) is 26.5. The van der Waals surface area contributed by atoms with E-state index in [1.807, 2.05) is 0 Å². The summed E-state index contributed by atoms with van der Waals surface area (Å²) in [5.74, 6) is -2.41. The molecule has 6 nitrogen and oxygen atoms in total. The highest BCUT2D eigenvalue weighted by Gasteiger charge is 2.36. The maximum Gasteiger partial charge on any atom is 0.417 e. The molecule has 0 saturated heterocycles. The van der Waals surface area contributed by atoms with Crippen LogP contribution < -0.4 is 10.1 Å². The van der Waals surface area contributed by atoms with Crippen molar-refractivity contribution < 1.29 is 37.4 Å². The van der Waals surface area contributed by atoms with Gasteiger partial charge in [0.25, 0.3) is 5.91 Å². The minimum Gasteiger partial charge on any atom is -0.490 e. The smallest absolute Gasteiger partial charge is 0.417 e. The molecular weight excluding hydrogens is 487 g/mol. The average molecular weight is 512 g/mol. The fourth-order valence-electron chi connectivity index (χ4n) is 3.98. The number of halogens is 4. The van der Waals surface area contributed by atoms with Gasteiger partial charge in [0.15, 0.2) is 5.78 Å². The maximum absolute atomic E-state index is 13.7. The first-order chi connectivity index (χ1) is 16.5. The van der Waals surface area contributed by atoms with E-state index in [2.05, 4.69) is 5.32 Å². The number of hydrogen-bond acceptors (Lipinski definition) is 4. The third-order valence-electron chi connectivity index (χ3n) is 5.90. The molecule has 0 bridgehead atoms. The lowest BCUT2D eigenvalue weighted by Crippen LogP contribution is -2.28. The first-order valence-electron chi connectivity index (χ1n) is 11.2. The molecule has 1 saturated carbocycles. The van der Waals surface area contributed by atoms with E-state index < -0.39 is 35.0 Å². The van der Waals surface area contributed by atoms with Crippen LogP contribution in [0, 0.1) is 5.92 Å². The van der Waals surface area contributed by atoms with Crippen LogP contribution in [-0.2, 0) is 11.0 Å². The fourth-order valence-corrected chi connectivity index (χ4v) is 4.11. The standard InChI is InChI=1S/C25H25ClF3NO5/c26-17-7-3-15(4-8-17)23(32)30-13-1-2-22(31)20-12-11-19(14-21(20)25(27,28)29)35-18-9-5-16(6-10-18)24(33)34/h3-4,7-8,11-12,14,16,18H,1-2,5-6,9-10,13H2,(H,30,32)(H,33,34). The molecule has 0 atom stereocenters. The quantitative estimate of drug-likeness (QED) is 0.329. The van der Waals surface area contributed by atoms with Gasteiger partial charge in [-0.05, 0) is 74.6 Å². The molecular formula is C25H25ClF3NO5. The summed E-state index contributed by atoms with van der Waals surface area (Å²) in [4.78, 5) is 35.7. The predicted molar refractivity (Wildman–Crippen MR) is 123 cm³/mol. The Bertz CT molecular complexity index is 1060.